The molecule has 2 nitrogen and oxygen atoms in total. The predicted molar refractivity (Wildman–Crippen MR) is 82.8 cm³/mol. The molecule has 0 aromatic rings. The topological polar surface area (TPSA) is 44.1 Å². The minimum Gasteiger partial charge on any atom is -0.506 e. The average molecular weight is 263 g/mol. The van der Waals surface area contributed by atoms with Gasteiger partial charge in [-0.2, -0.15) is 0 Å². The van der Waals surface area contributed by atoms with Crippen LogP contribution in [0.4, 0.5) is 0 Å². The van der Waals surface area contributed by atoms with Crippen LogP contribution in [0, 0.1) is 22.2 Å². The summed E-state index contributed by atoms with van der Waals surface area (Å²) in [5.74, 6) is 0.558. The van der Waals surface area contributed by atoms with E-state index in [0.717, 1.165) is 5.57 Å². The molecule has 1 rings (SSSR count). The Morgan fingerprint density at radius 2 is 1.47 bits per heavy atom. The van der Waals surface area contributed by atoms with Crippen molar-refractivity contribution in [3.63, 3.8) is 0 Å². The molecule has 108 valence electrons. The van der Waals surface area contributed by atoms with Crippen molar-refractivity contribution in [2.24, 2.45) is 16.7 Å². The van der Waals surface area contributed by atoms with E-state index < -0.39 is 0 Å². The second-order valence-corrected chi connectivity index (χ2v) is 7.93. The Hall–Kier alpha value is -1.05. The highest BCUT2D eigenvalue weighted by molar-refractivity contribution is 6.00. The van der Waals surface area contributed by atoms with Gasteiger partial charge in [-0.1, -0.05) is 61.0 Å². The molecule has 0 bridgehead atoms. The molecule has 19 heavy (non-hydrogen) atoms. The molecule has 1 aliphatic rings. The maximum Gasteiger partial charge on any atom is 0.140 e. The van der Waals surface area contributed by atoms with Gasteiger partial charge in [0.2, 0.25) is 0 Å². The van der Waals surface area contributed by atoms with Crippen molar-refractivity contribution in [2.75, 3.05) is 0 Å². The van der Waals surface area contributed by atoms with Crippen LogP contribution in [0.15, 0.2) is 22.5 Å². The van der Waals surface area contributed by atoms with Crippen molar-refractivity contribution in [2.45, 2.75) is 61.8 Å². The monoisotopic (exact) mass is 263 g/mol. The summed E-state index contributed by atoms with van der Waals surface area (Å²) in [6.07, 6.45) is 0.572. The van der Waals surface area contributed by atoms with E-state index in [1.54, 1.807) is 0 Å². The van der Waals surface area contributed by atoms with Gasteiger partial charge in [0, 0.05) is 12.0 Å². The van der Waals surface area contributed by atoms with Crippen LogP contribution >= 0.6 is 0 Å². The summed E-state index contributed by atoms with van der Waals surface area (Å²) in [4.78, 5) is 0. The Kier molecular flexibility index (Phi) is 4.05. The van der Waals surface area contributed by atoms with Gasteiger partial charge >= 0.3 is 0 Å². The number of hydrogen-bond acceptors (Lipinski definition) is 2. The van der Waals surface area contributed by atoms with E-state index in [2.05, 4.69) is 55.4 Å². The highest BCUT2D eigenvalue weighted by atomic mass is 16.3. The normalized spacial score (nSPS) is 18.7. The molecule has 0 aromatic carbocycles. The minimum atomic E-state index is -0.146. The first-order valence-electron chi connectivity index (χ1n) is 7.12. The Morgan fingerprint density at radius 1 is 1.00 bits per heavy atom. The van der Waals surface area contributed by atoms with Gasteiger partial charge in [0.15, 0.2) is 0 Å². The summed E-state index contributed by atoms with van der Waals surface area (Å²) in [6, 6.07) is 0. The van der Waals surface area contributed by atoms with Crippen molar-refractivity contribution in [1.82, 2.24) is 0 Å². The van der Waals surface area contributed by atoms with E-state index in [1.807, 2.05) is 0 Å². The summed E-state index contributed by atoms with van der Waals surface area (Å²) in [5.41, 5.74) is 3.77. The van der Waals surface area contributed by atoms with E-state index in [-0.39, 0.29) is 16.6 Å². The van der Waals surface area contributed by atoms with E-state index in [4.69, 9.17) is 5.41 Å². The smallest absolute Gasteiger partial charge is 0.140 e. The summed E-state index contributed by atoms with van der Waals surface area (Å²) >= 11 is 0. The number of aliphatic hydroxyl groups excluding tert-OH is 1. The zero-order chi connectivity index (χ0) is 15.2. The van der Waals surface area contributed by atoms with Crippen molar-refractivity contribution >= 4 is 5.71 Å². The van der Waals surface area contributed by atoms with Crippen molar-refractivity contribution < 1.29 is 5.11 Å². The van der Waals surface area contributed by atoms with Gasteiger partial charge in [-0.05, 0) is 22.3 Å². The Morgan fingerprint density at radius 3 is 1.79 bits per heavy atom. The van der Waals surface area contributed by atoms with E-state index in [1.165, 1.54) is 11.1 Å². The Balaban J connectivity index is 3.66. The van der Waals surface area contributed by atoms with Gasteiger partial charge < -0.3 is 10.5 Å². The van der Waals surface area contributed by atoms with Crippen molar-refractivity contribution in [3.05, 3.63) is 22.5 Å². The number of allylic oxidation sites excluding steroid dienone is 4. The van der Waals surface area contributed by atoms with Gasteiger partial charge in [0.25, 0.3) is 0 Å². The quantitative estimate of drug-likeness (QED) is 0.665. The first-order valence-corrected chi connectivity index (χ1v) is 7.12. The molecule has 2 heteroatoms. The van der Waals surface area contributed by atoms with E-state index in [9.17, 15) is 5.11 Å². The van der Waals surface area contributed by atoms with Crippen LogP contribution in [0.5, 0.6) is 0 Å². The van der Waals surface area contributed by atoms with Crippen LogP contribution in [0.25, 0.3) is 0 Å². The Bertz CT molecular complexity index is 451. The van der Waals surface area contributed by atoms with Crippen LogP contribution in [-0.2, 0) is 0 Å². The van der Waals surface area contributed by atoms with Crippen LogP contribution in [0.3, 0.4) is 0 Å². The molecule has 0 atom stereocenters. The fourth-order valence-corrected chi connectivity index (χ4v) is 2.85. The van der Waals surface area contributed by atoms with Gasteiger partial charge in [-0.15, -0.1) is 0 Å². The fraction of sp³-hybridized carbons (Fsp3) is 0.706. The van der Waals surface area contributed by atoms with Crippen LogP contribution in [-0.4, -0.2) is 10.8 Å². The largest absolute Gasteiger partial charge is 0.506 e. The first kappa shape index (κ1) is 16.0. The first-order chi connectivity index (χ1) is 8.37. The lowest BCUT2D eigenvalue weighted by molar-refractivity contribution is 0.384. The molecule has 0 spiro atoms. The lowest BCUT2D eigenvalue weighted by Crippen LogP contribution is -2.29. The molecule has 0 radical (unpaired) electrons. The minimum absolute atomic E-state index is 0.0309. The third-order valence-electron chi connectivity index (χ3n) is 3.70. The molecule has 2 N–H and O–H groups in total. The molecular formula is C17H29NO. The fourth-order valence-electron chi connectivity index (χ4n) is 2.85. The number of hydrogen-bond donors (Lipinski definition) is 2. The van der Waals surface area contributed by atoms with Crippen molar-refractivity contribution in [1.29, 1.82) is 5.41 Å². The lowest BCUT2D eigenvalue weighted by Gasteiger charge is -2.38. The lowest BCUT2D eigenvalue weighted by atomic mass is 9.67. The molecule has 0 amide bonds. The maximum absolute atomic E-state index is 10.4. The molecule has 0 fully saturated rings. The number of rotatable bonds is 1. The summed E-state index contributed by atoms with van der Waals surface area (Å²) in [5, 5.41) is 18.5. The number of nitrogens with one attached hydrogen (secondary N) is 1. The van der Waals surface area contributed by atoms with Crippen LogP contribution < -0.4 is 0 Å². The standard InChI is InChI=1S/C17H29NO/c1-10(2)13-11(16(3,4)5)9-12(18)15(19)14(13)17(6,7)8/h10,18-19H,9H2,1-8H3. The van der Waals surface area contributed by atoms with E-state index >= 15 is 0 Å². The second kappa shape index (κ2) is 4.81. The molecule has 0 heterocycles. The highest BCUT2D eigenvalue weighted by Gasteiger charge is 2.36. The predicted octanol–water partition coefficient (Wildman–Crippen LogP) is 5.27. The highest BCUT2D eigenvalue weighted by Crippen LogP contribution is 2.46. The zero-order valence-electron chi connectivity index (χ0n) is 13.7. The molecule has 0 saturated heterocycles. The molecule has 0 aliphatic heterocycles. The van der Waals surface area contributed by atoms with Crippen LogP contribution in [0.1, 0.15) is 61.8 Å². The average Bonchev–Trinajstić information content (AvgIpc) is 2.17. The molecule has 1 aliphatic carbocycles. The van der Waals surface area contributed by atoms with Gasteiger partial charge in [-0.3, -0.25) is 0 Å². The molecule has 0 aromatic heterocycles. The van der Waals surface area contributed by atoms with Gasteiger partial charge in [-0.25, -0.2) is 0 Å². The summed E-state index contributed by atoms with van der Waals surface area (Å²) in [6.45, 7) is 17.3. The summed E-state index contributed by atoms with van der Waals surface area (Å²) in [7, 11) is 0. The third-order valence-corrected chi connectivity index (χ3v) is 3.70. The Labute approximate surface area is 118 Å². The van der Waals surface area contributed by atoms with Crippen molar-refractivity contribution in [3.8, 4) is 0 Å². The van der Waals surface area contributed by atoms with Gasteiger partial charge in [0.1, 0.15) is 5.76 Å². The SMILES string of the molecule is CC(C)C1=C(C(C)(C)C)CC(=N)C(O)=C1C(C)(C)C. The van der Waals surface area contributed by atoms with E-state index in [0.29, 0.717) is 18.1 Å². The molecule has 0 unspecified atom stereocenters. The third kappa shape index (κ3) is 3.10. The van der Waals surface area contributed by atoms with Crippen LogP contribution in [0.2, 0.25) is 0 Å². The molecular weight excluding hydrogens is 234 g/mol. The zero-order valence-corrected chi connectivity index (χ0v) is 13.7. The summed E-state index contributed by atoms with van der Waals surface area (Å²) < 4.78 is 0. The maximum atomic E-state index is 10.4. The second-order valence-electron chi connectivity index (χ2n) is 7.93. The van der Waals surface area contributed by atoms with Gasteiger partial charge in [0.05, 0.1) is 5.71 Å². The number of aliphatic hydroxyl groups is 1. The molecule has 0 saturated carbocycles.